The third kappa shape index (κ3) is 1.98. The van der Waals surface area contributed by atoms with Gasteiger partial charge in [-0.1, -0.05) is 0 Å². The van der Waals surface area contributed by atoms with Crippen molar-refractivity contribution in [1.82, 2.24) is 0 Å². The molecule has 0 aromatic rings. The second kappa shape index (κ2) is 4.32. The molecule has 1 rings (SSSR count). The van der Waals surface area contributed by atoms with E-state index in [2.05, 4.69) is 0 Å². The molecule has 1 heterocycles. The van der Waals surface area contributed by atoms with Gasteiger partial charge in [0.15, 0.2) is 6.29 Å². The maximum absolute atomic E-state index is 9.44. The third-order valence-electron chi connectivity index (χ3n) is 2.11. The van der Waals surface area contributed by atoms with Gasteiger partial charge in [0.1, 0.15) is 24.4 Å². The van der Waals surface area contributed by atoms with Crippen molar-refractivity contribution in [3.63, 3.8) is 0 Å². The standard InChI is InChI=1S/C7H14O6/c1-12-6-4(9)3(2-8)13-7(11)5(6)10/h3-11H,2H2,1H3/t3-,4+,5+,6+,7-/m0/s1. The smallest absolute Gasteiger partial charge is 0.184 e. The van der Waals surface area contributed by atoms with Crippen LogP contribution in [0, 0.1) is 0 Å². The summed E-state index contributed by atoms with van der Waals surface area (Å²) in [5.74, 6) is 0. The molecule has 4 N–H and O–H groups in total. The summed E-state index contributed by atoms with van der Waals surface area (Å²) >= 11 is 0. The minimum absolute atomic E-state index is 0.440. The molecular weight excluding hydrogens is 180 g/mol. The van der Waals surface area contributed by atoms with Gasteiger partial charge in [0.05, 0.1) is 6.61 Å². The van der Waals surface area contributed by atoms with E-state index in [4.69, 9.17) is 19.7 Å². The van der Waals surface area contributed by atoms with Gasteiger partial charge < -0.3 is 29.9 Å². The molecule has 6 nitrogen and oxygen atoms in total. The first-order chi connectivity index (χ1) is 6.11. The second-order valence-corrected chi connectivity index (χ2v) is 2.93. The van der Waals surface area contributed by atoms with Gasteiger partial charge in [-0.25, -0.2) is 0 Å². The lowest BCUT2D eigenvalue weighted by atomic mass is 9.99. The zero-order valence-corrected chi connectivity index (χ0v) is 7.20. The Kier molecular flexibility index (Phi) is 3.60. The van der Waals surface area contributed by atoms with Gasteiger partial charge in [0.2, 0.25) is 0 Å². The molecule has 0 radical (unpaired) electrons. The molecular formula is C7H14O6. The van der Waals surface area contributed by atoms with E-state index >= 15 is 0 Å². The van der Waals surface area contributed by atoms with Crippen LogP contribution in [-0.2, 0) is 9.47 Å². The zero-order valence-electron chi connectivity index (χ0n) is 7.20. The Morgan fingerprint density at radius 3 is 2.31 bits per heavy atom. The van der Waals surface area contributed by atoms with E-state index in [1.54, 1.807) is 0 Å². The van der Waals surface area contributed by atoms with Crippen LogP contribution < -0.4 is 0 Å². The van der Waals surface area contributed by atoms with Gasteiger partial charge in [-0.2, -0.15) is 0 Å². The Morgan fingerprint density at radius 1 is 1.23 bits per heavy atom. The van der Waals surface area contributed by atoms with Crippen LogP contribution in [0.5, 0.6) is 0 Å². The van der Waals surface area contributed by atoms with Gasteiger partial charge in [-0.15, -0.1) is 0 Å². The number of ether oxygens (including phenoxy) is 2. The van der Waals surface area contributed by atoms with Crippen LogP contribution in [0.1, 0.15) is 0 Å². The van der Waals surface area contributed by atoms with E-state index in [-0.39, 0.29) is 0 Å². The van der Waals surface area contributed by atoms with Gasteiger partial charge >= 0.3 is 0 Å². The van der Waals surface area contributed by atoms with E-state index in [0.29, 0.717) is 0 Å². The fourth-order valence-corrected chi connectivity index (χ4v) is 1.35. The van der Waals surface area contributed by atoms with Gasteiger partial charge in [-0.05, 0) is 0 Å². The number of rotatable bonds is 2. The van der Waals surface area contributed by atoms with Crippen molar-refractivity contribution in [3.05, 3.63) is 0 Å². The molecule has 5 atom stereocenters. The molecule has 78 valence electrons. The Labute approximate surface area is 75.3 Å². The lowest BCUT2D eigenvalue weighted by Crippen LogP contribution is -2.59. The Morgan fingerprint density at radius 2 is 1.85 bits per heavy atom. The molecule has 1 fully saturated rings. The van der Waals surface area contributed by atoms with E-state index in [9.17, 15) is 10.2 Å². The van der Waals surface area contributed by atoms with E-state index in [1.807, 2.05) is 0 Å². The number of hydrogen-bond acceptors (Lipinski definition) is 6. The molecule has 1 saturated heterocycles. The molecule has 0 saturated carbocycles. The number of methoxy groups -OCH3 is 1. The van der Waals surface area contributed by atoms with Crippen LogP contribution in [0.15, 0.2) is 0 Å². The van der Waals surface area contributed by atoms with E-state index in [1.165, 1.54) is 7.11 Å². The van der Waals surface area contributed by atoms with Gasteiger partial charge in [0.25, 0.3) is 0 Å². The van der Waals surface area contributed by atoms with Crippen LogP contribution in [0.25, 0.3) is 0 Å². The molecule has 0 unspecified atom stereocenters. The van der Waals surface area contributed by atoms with Crippen molar-refractivity contribution >= 4 is 0 Å². The quantitative estimate of drug-likeness (QED) is 0.386. The zero-order chi connectivity index (χ0) is 10.0. The highest BCUT2D eigenvalue weighted by Gasteiger charge is 2.43. The van der Waals surface area contributed by atoms with Crippen LogP contribution in [0.2, 0.25) is 0 Å². The predicted molar refractivity (Wildman–Crippen MR) is 40.8 cm³/mol. The first-order valence-corrected chi connectivity index (χ1v) is 3.95. The summed E-state index contributed by atoms with van der Waals surface area (Å²) < 4.78 is 9.48. The minimum Gasteiger partial charge on any atom is -0.394 e. The SMILES string of the molecule is CO[C@H]1[C@@H](O)[C@@H](O)O[C@@H](CO)[C@H]1O. The van der Waals surface area contributed by atoms with Crippen molar-refractivity contribution in [1.29, 1.82) is 0 Å². The lowest BCUT2D eigenvalue weighted by molar-refractivity contribution is -0.290. The fourth-order valence-electron chi connectivity index (χ4n) is 1.35. The van der Waals surface area contributed by atoms with Crippen LogP contribution in [0.4, 0.5) is 0 Å². The molecule has 1 aliphatic rings. The van der Waals surface area contributed by atoms with Crippen LogP contribution in [0.3, 0.4) is 0 Å². The van der Waals surface area contributed by atoms with Crippen LogP contribution in [-0.4, -0.2) is 64.8 Å². The highest BCUT2D eigenvalue weighted by atomic mass is 16.6. The van der Waals surface area contributed by atoms with Crippen molar-refractivity contribution in [2.45, 2.75) is 30.7 Å². The lowest BCUT2D eigenvalue weighted by Gasteiger charge is -2.39. The Bertz CT molecular complexity index is 163. The highest BCUT2D eigenvalue weighted by Crippen LogP contribution is 2.21. The monoisotopic (exact) mass is 194 g/mol. The summed E-state index contributed by atoms with van der Waals surface area (Å²) in [5, 5.41) is 36.6. The molecule has 0 aromatic carbocycles. The second-order valence-electron chi connectivity index (χ2n) is 2.93. The predicted octanol–water partition coefficient (Wildman–Crippen LogP) is -2.57. The summed E-state index contributed by atoms with van der Waals surface area (Å²) in [6.45, 7) is -0.440. The summed E-state index contributed by atoms with van der Waals surface area (Å²) in [6.07, 6.45) is -5.76. The number of aliphatic hydroxyl groups is 4. The molecule has 13 heavy (non-hydrogen) atoms. The van der Waals surface area contributed by atoms with Gasteiger partial charge in [-0.3, -0.25) is 0 Å². The van der Waals surface area contributed by atoms with Crippen molar-refractivity contribution < 1.29 is 29.9 Å². The molecule has 0 aromatic heterocycles. The molecule has 1 aliphatic heterocycles. The van der Waals surface area contributed by atoms with Crippen LogP contribution >= 0.6 is 0 Å². The van der Waals surface area contributed by atoms with E-state index < -0.39 is 37.3 Å². The summed E-state index contributed by atoms with van der Waals surface area (Å²) in [4.78, 5) is 0. The average Bonchev–Trinajstić information content (AvgIpc) is 2.12. The minimum atomic E-state index is -1.44. The summed E-state index contributed by atoms with van der Waals surface area (Å²) in [6, 6.07) is 0. The first-order valence-electron chi connectivity index (χ1n) is 3.95. The first kappa shape index (κ1) is 10.8. The number of aliphatic hydroxyl groups excluding tert-OH is 4. The van der Waals surface area contributed by atoms with Crippen molar-refractivity contribution in [2.75, 3.05) is 13.7 Å². The van der Waals surface area contributed by atoms with Crippen molar-refractivity contribution in [2.24, 2.45) is 0 Å². The Hall–Kier alpha value is -0.240. The maximum atomic E-state index is 9.44. The molecule has 0 aliphatic carbocycles. The molecule has 0 bridgehead atoms. The Balaban J connectivity index is 2.69. The van der Waals surface area contributed by atoms with Crippen molar-refractivity contribution in [3.8, 4) is 0 Å². The molecule has 0 spiro atoms. The fraction of sp³-hybridized carbons (Fsp3) is 1.00. The largest absolute Gasteiger partial charge is 0.394 e. The number of hydrogen-bond donors (Lipinski definition) is 4. The molecule has 0 amide bonds. The third-order valence-corrected chi connectivity index (χ3v) is 2.11. The molecule has 6 heteroatoms. The summed E-state index contributed by atoms with van der Waals surface area (Å²) in [5.41, 5.74) is 0. The summed E-state index contributed by atoms with van der Waals surface area (Å²) in [7, 11) is 1.30. The van der Waals surface area contributed by atoms with E-state index in [0.717, 1.165) is 0 Å². The normalized spacial score (nSPS) is 46.4. The van der Waals surface area contributed by atoms with Gasteiger partial charge in [0, 0.05) is 7.11 Å². The highest BCUT2D eigenvalue weighted by molar-refractivity contribution is 4.89. The average molecular weight is 194 g/mol. The maximum Gasteiger partial charge on any atom is 0.184 e. The topological polar surface area (TPSA) is 99.4 Å².